The Morgan fingerprint density at radius 3 is 2.52 bits per heavy atom. The number of carbonyl (C=O) groups is 1. The van der Waals surface area contributed by atoms with Crippen molar-refractivity contribution in [2.45, 2.75) is 12.7 Å². The van der Waals surface area contributed by atoms with Gasteiger partial charge in [-0.1, -0.05) is 11.6 Å². The first kappa shape index (κ1) is 20.8. The van der Waals surface area contributed by atoms with Crippen LogP contribution in [0, 0.1) is 5.82 Å². The highest BCUT2D eigenvalue weighted by atomic mass is 35.5. The summed E-state index contributed by atoms with van der Waals surface area (Å²) in [5.74, 6) is -2.49. The van der Waals surface area contributed by atoms with Crippen LogP contribution in [0.2, 0.25) is 5.02 Å². The van der Waals surface area contributed by atoms with Gasteiger partial charge < -0.3 is 9.47 Å². The monoisotopic (exact) mass is 417 g/mol. The predicted octanol–water partition coefficient (Wildman–Crippen LogP) is 2.42. The molecule has 0 bridgehead atoms. The van der Waals surface area contributed by atoms with Crippen LogP contribution in [0.25, 0.3) is 0 Å². The molecule has 8 nitrogen and oxygen atoms in total. The summed E-state index contributed by atoms with van der Waals surface area (Å²) >= 11 is 6.07. The molecule has 11 heteroatoms. The van der Waals surface area contributed by atoms with Gasteiger partial charge in [0.1, 0.15) is 11.6 Å². The fraction of sp³-hybridized carbons (Fsp3) is 0.312. The molecule has 0 N–H and O–H groups in total. The summed E-state index contributed by atoms with van der Waals surface area (Å²) in [7, 11) is -1.70. The maximum absolute atomic E-state index is 14.2. The van der Waals surface area contributed by atoms with Gasteiger partial charge in [-0.2, -0.15) is 0 Å². The molecule has 1 aromatic carbocycles. The maximum atomic E-state index is 14.2. The van der Waals surface area contributed by atoms with Gasteiger partial charge in [0, 0.05) is 24.5 Å². The van der Waals surface area contributed by atoms with Crippen LogP contribution < -0.4 is 9.04 Å². The van der Waals surface area contributed by atoms with Crippen LogP contribution in [0.15, 0.2) is 24.5 Å². The van der Waals surface area contributed by atoms with Gasteiger partial charge in [0.25, 0.3) is 0 Å². The van der Waals surface area contributed by atoms with Crippen LogP contribution in [0.1, 0.15) is 23.0 Å². The molecule has 0 aliphatic heterocycles. The lowest BCUT2D eigenvalue weighted by Crippen LogP contribution is -2.34. The van der Waals surface area contributed by atoms with Crippen molar-refractivity contribution in [3.05, 3.63) is 46.6 Å². The van der Waals surface area contributed by atoms with E-state index in [2.05, 4.69) is 14.7 Å². The second-order valence-corrected chi connectivity index (χ2v) is 7.45. The molecule has 0 spiro atoms. The zero-order valence-electron chi connectivity index (χ0n) is 14.8. The molecule has 2 rings (SSSR count). The summed E-state index contributed by atoms with van der Waals surface area (Å²) in [4.78, 5) is 19.7. The highest BCUT2D eigenvalue weighted by Crippen LogP contribution is 2.32. The van der Waals surface area contributed by atoms with E-state index >= 15 is 0 Å². The van der Waals surface area contributed by atoms with Crippen LogP contribution in [-0.2, 0) is 20.5 Å². The lowest BCUT2D eigenvalue weighted by molar-refractivity contribution is 0.0594. The fourth-order valence-corrected chi connectivity index (χ4v) is 4.33. The molecule has 0 aliphatic rings. The topological polar surface area (TPSA) is 98.7 Å². The number of nitrogens with zero attached hydrogens (tertiary/aromatic N) is 3. The zero-order chi connectivity index (χ0) is 20.2. The average molecular weight is 418 g/mol. The number of hydrogen-bond donors (Lipinski definition) is 0. The number of benzene rings is 1. The quantitative estimate of drug-likeness (QED) is 0.638. The number of hydrogen-bond acceptors (Lipinski definition) is 7. The van der Waals surface area contributed by atoms with Gasteiger partial charge in [-0.05, 0) is 19.1 Å². The van der Waals surface area contributed by atoms with Gasteiger partial charge in [0.2, 0.25) is 10.0 Å². The molecule has 0 radical (unpaired) electrons. The standard InChI is InChI=1S/C16H17ClFN3O5S/c1-4-21(15-14(16(22)26-3)19-7-8-20-15)27(23,24)9-10-11(18)5-6-12(25-2)13(10)17/h5-8H,4,9H2,1-3H3. The van der Waals surface area contributed by atoms with Gasteiger partial charge in [-0.15, -0.1) is 0 Å². The highest BCUT2D eigenvalue weighted by Gasteiger charge is 2.30. The van der Waals surface area contributed by atoms with Crippen LogP contribution >= 0.6 is 11.6 Å². The van der Waals surface area contributed by atoms with Crippen LogP contribution in [0.4, 0.5) is 10.2 Å². The Morgan fingerprint density at radius 2 is 1.93 bits per heavy atom. The molecule has 1 heterocycles. The first-order valence-electron chi connectivity index (χ1n) is 7.67. The molecule has 0 saturated heterocycles. The Bertz CT molecular complexity index is 955. The first-order chi connectivity index (χ1) is 12.8. The van der Waals surface area contributed by atoms with E-state index in [4.69, 9.17) is 16.3 Å². The van der Waals surface area contributed by atoms with E-state index in [9.17, 15) is 17.6 Å². The number of rotatable bonds is 7. The second-order valence-electron chi connectivity index (χ2n) is 5.18. The first-order valence-corrected chi connectivity index (χ1v) is 9.66. The van der Waals surface area contributed by atoms with Crippen molar-refractivity contribution in [3.8, 4) is 5.75 Å². The van der Waals surface area contributed by atoms with E-state index in [0.717, 1.165) is 17.5 Å². The van der Waals surface area contributed by atoms with Crippen LogP contribution in [0.3, 0.4) is 0 Å². The van der Waals surface area contributed by atoms with Crippen molar-refractivity contribution in [3.63, 3.8) is 0 Å². The van der Waals surface area contributed by atoms with E-state index in [1.54, 1.807) is 0 Å². The summed E-state index contributed by atoms with van der Waals surface area (Å²) in [5, 5.41) is -0.149. The number of esters is 1. The Balaban J connectivity index is 2.52. The normalized spacial score (nSPS) is 11.1. The lowest BCUT2D eigenvalue weighted by Gasteiger charge is -2.23. The van der Waals surface area contributed by atoms with Gasteiger partial charge in [-0.25, -0.2) is 27.6 Å². The van der Waals surface area contributed by atoms with Crippen molar-refractivity contribution in [2.75, 3.05) is 25.1 Å². The summed E-state index contributed by atoms with van der Waals surface area (Å²) < 4.78 is 50.5. The molecular weight excluding hydrogens is 401 g/mol. The third-order valence-corrected chi connectivity index (χ3v) is 5.78. The zero-order valence-corrected chi connectivity index (χ0v) is 16.3. The third-order valence-electron chi connectivity index (χ3n) is 3.61. The molecule has 0 atom stereocenters. The SMILES string of the molecule is CCN(c1nccnc1C(=O)OC)S(=O)(=O)Cc1c(F)ccc(OC)c1Cl. The Kier molecular flexibility index (Phi) is 6.55. The predicted molar refractivity (Wildman–Crippen MR) is 97.0 cm³/mol. The highest BCUT2D eigenvalue weighted by molar-refractivity contribution is 7.92. The molecule has 1 aromatic heterocycles. The maximum Gasteiger partial charge on any atom is 0.360 e. The Labute approximate surface area is 160 Å². The largest absolute Gasteiger partial charge is 0.495 e. The molecule has 0 amide bonds. The molecule has 0 aliphatic carbocycles. The Hall–Kier alpha value is -2.46. The molecule has 0 fully saturated rings. The number of anilines is 1. The molecule has 2 aromatic rings. The van der Waals surface area contributed by atoms with E-state index in [-0.39, 0.29) is 34.4 Å². The van der Waals surface area contributed by atoms with Crippen LogP contribution in [0.5, 0.6) is 5.75 Å². The average Bonchev–Trinajstić information content (AvgIpc) is 2.65. The molecule has 146 valence electrons. The van der Waals surface area contributed by atoms with E-state index in [1.807, 2.05) is 0 Å². The third kappa shape index (κ3) is 4.28. The van der Waals surface area contributed by atoms with Crippen LogP contribution in [-0.4, -0.2) is 45.1 Å². The second kappa shape index (κ2) is 8.49. The van der Waals surface area contributed by atoms with E-state index in [1.165, 1.54) is 32.5 Å². The van der Waals surface area contributed by atoms with Crippen molar-refractivity contribution >= 4 is 33.4 Å². The Morgan fingerprint density at radius 1 is 1.26 bits per heavy atom. The minimum atomic E-state index is -4.17. The minimum Gasteiger partial charge on any atom is -0.495 e. The number of carbonyl (C=O) groups excluding carboxylic acids is 1. The number of sulfonamides is 1. The fourth-order valence-electron chi connectivity index (χ4n) is 2.36. The van der Waals surface area contributed by atoms with Crippen molar-refractivity contribution < 1.29 is 27.1 Å². The number of methoxy groups -OCH3 is 2. The van der Waals surface area contributed by atoms with E-state index < -0.39 is 27.6 Å². The smallest absolute Gasteiger partial charge is 0.360 e. The lowest BCUT2D eigenvalue weighted by atomic mass is 10.2. The van der Waals surface area contributed by atoms with Crippen molar-refractivity contribution in [2.24, 2.45) is 0 Å². The van der Waals surface area contributed by atoms with Gasteiger partial charge in [0.15, 0.2) is 11.5 Å². The van der Waals surface area contributed by atoms with Gasteiger partial charge >= 0.3 is 5.97 Å². The van der Waals surface area contributed by atoms with Crippen molar-refractivity contribution in [1.82, 2.24) is 9.97 Å². The molecule has 0 saturated carbocycles. The number of aromatic nitrogens is 2. The molecule has 0 unspecified atom stereocenters. The summed E-state index contributed by atoms with van der Waals surface area (Å²) in [6, 6.07) is 2.36. The number of halogens is 2. The summed E-state index contributed by atoms with van der Waals surface area (Å²) in [5.41, 5.74) is -0.527. The van der Waals surface area contributed by atoms with Gasteiger partial charge in [0.05, 0.1) is 25.0 Å². The van der Waals surface area contributed by atoms with Gasteiger partial charge in [-0.3, -0.25) is 4.31 Å². The molecule has 27 heavy (non-hydrogen) atoms. The van der Waals surface area contributed by atoms with Crippen molar-refractivity contribution in [1.29, 1.82) is 0 Å². The molecular formula is C16H17ClFN3O5S. The van der Waals surface area contributed by atoms with E-state index in [0.29, 0.717) is 0 Å². The summed E-state index contributed by atoms with van der Waals surface area (Å²) in [6.45, 7) is 1.46. The summed E-state index contributed by atoms with van der Waals surface area (Å²) in [6.07, 6.45) is 2.47. The number of ether oxygens (including phenoxy) is 2. The minimum absolute atomic E-state index is 0.0752.